The summed E-state index contributed by atoms with van der Waals surface area (Å²) in [6, 6.07) is 12.7. The molecule has 0 saturated heterocycles. The number of nitro groups is 1. The summed E-state index contributed by atoms with van der Waals surface area (Å²) in [7, 11) is 3.16. The molecule has 0 bridgehead atoms. The van der Waals surface area contributed by atoms with Gasteiger partial charge < -0.3 is 9.47 Å². The molecule has 0 amide bonds. The molecular formula is C18H19NO4. The second kappa shape index (κ2) is 7.56. The Morgan fingerprint density at radius 2 is 1.65 bits per heavy atom. The Hall–Kier alpha value is -2.66. The highest BCUT2D eigenvalue weighted by atomic mass is 16.6. The van der Waals surface area contributed by atoms with Gasteiger partial charge in [-0.1, -0.05) is 24.3 Å². The molecule has 2 rings (SSSR count). The van der Waals surface area contributed by atoms with Crippen LogP contribution >= 0.6 is 0 Å². The van der Waals surface area contributed by atoms with Crippen molar-refractivity contribution in [2.24, 2.45) is 0 Å². The van der Waals surface area contributed by atoms with Crippen LogP contribution < -0.4 is 4.74 Å². The van der Waals surface area contributed by atoms with Gasteiger partial charge in [0.1, 0.15) is 5.75 Å². The zero-order chi connectivity index (χ0) is 16.8. The number of benzene rings is 2. The molecule has 5 nitrogen and oxygen atoms in total. The molecule has 0 fully saturated rings. The van der Waals surface area contributed by atoms with Gasteiger partial charge in [-0.2, -0.15) is 0 Å². The van der Waals surface area contributed by atoms with Crippen molar-refractivity contribution in [1.82, 2.24) is 0 Å². The van der Waals surface area contributed by atoms with Crippen LogP contribution in [-0.4, -0.2) is 19.1 Å². The Kier molecular flexibility index (Phi) is 5.49. The molecule has 0 saturated carbocycles. The van der Waals surface area contributed by atoms with E-state index in [0.717, 1.165) is 16.9 Å². The van der Waals surface area contributed by atoms with Gasteiger partial charge in [-0.15, -0.1) is 0 Å². The van der Waals surface area contributed by atoms with E-state index in [4.69, 9.17) is 9.47 Å². The van der Waals surface area contributed by atoms with E-state index in [9.17, 15) is 10.1 Å². The number of hydrogen-bond donors (Lipinski definition) is 0. The molecule has 0 spiro atoms. The molecule has 0 aliphatic carbocycles. The molecule has 0 heterocycles. The van der Waals surface area contributed by atoms with Crippen LogP contribution in [0.1, 0.15) is 29.7 Å². The molecule has 5 heteroatoms. The first kappa shape index (κ1) is 16.7. The Labute approximate surface area is 135 Å². The third-order valence-electron chi connectivity index (χ3n) is 3.62. The van der Waals surface area contributed by atoms with E-state index in [1.54, 1.807) is 26.2 Å². The average Bonchev–Trinajstić information content (AvgIpc) is 2.59. The summed E-state index contributed by atoms with van der Waals surface area (Å²) in [4.78, 5) is 10.7. The van der Waals surface area contributed by atoms with Gasteiger partial charge in [-0.3, -0.25) is 10.1 Å². The van der Waals surface area contributed by atoms with E-state index >= 15 is 0 Å². The number of nitrogens with zero attached hydrogens (tertiary/aromatic N) is 1. The van der Waals surface area contributed by atoms with E-state index in [2.05, 4.69) is 0 Å². The lowest BCUT2D eigenvalue weighted by Crippen LogP contribution is -2.02. The monoisotopic (exact) mass is 313 g/mol. The molecule has 0 N–H and O–H groups in total. The van der Waals surface area contributed by atoms with E-state index < -0.39 is 0 Å². The maximum absolute atomic E-state index is 11.1. The third kappa shape index (κ3) is 4.17. The maximum Gasteiger partial charge on any atom is 0.275 e. The fourth-order valence-corrected chi connectivity index (χ4v) is 2.20. The van der Waals surface area contributed by atoms with E-state index in [1.807, 2.05) is 36.4 Å². The highest BCUT2D eigenvalue weighted by molar-refractivity contribution is 5.71. The van der Waals surface area contributed by atoms with Crippen molar-refractivity contribution in [3.8, 4) is 5.75 Å². The molecule has 0 aliphatic heterocycles. The highest BCUT2D eigenvalue weighted by Crippen LogP contribution is 2.28. The smallest absolute Gasteiger partial charge is 0.275 e. The minimum absolute atomic E-state index is 0.0703. The van der Waals surface area contributed by atoms with Crippen molar-refractivity contribution in [3.05, 3.63) is 69.3 Å². The summed E-state index contributed by atoms with van der Waals surface area (Å²) in [6.07, 6.45) is 3.52. The Bertz CT molecular complexity index is 707. The van der Waals surface area contributed by atoms with Gasteiger partial charge in [0.05, 0.1) is 23.7 Å². The quantitative estimate of drug-likeness (QED) is 0.448. The third-order valence-corrected chi connectivity index (χ3v) is 3.62. The van der Waals surface area contributed by atoms with Gasteiger partial charge in [0, 0.05) is 13.2 Å². The van der Waals surface area contributed by atoms with Crippen molar-refractivity contribution >= 4 is 17.8 Å². The van der Waals surface area contributed by atoms with Gasteiger partial charge in [-0.05, 0) is 42.3 Å². The molecule has 1 atom stereocenters. The molecule has 2 aromatic carbocycles. The van der Waals surface area contributed by atoms with Gasteiger partial charge in [0.2, 0.25) is 0 Å². The van der Waals surface area contributed by atoms with E-state index in [1.165, 1.54) is 13.2 Å². The van der Waals surface area contributed by atoms with Gasteiger partial charge >= 0.3 is 0 Å². The predicted molar refractivity (Wildman–Crippen MR) is 90.4 cm³/mol. The van der Waals surface area contributed by atoms with Crippen LogP contribution in [0.25, 0.3) is 12.2 Å². The van der Waals surface area contributed by atoms with Crippen molar-refractivity contribution in [2.75, 3.05) is 14.2 Å². The predicted octanol–water partition coefficient (Wildman–Crippen LogP) is 4.48. The zero-order valence-electron chi connectivity index (χ0n) is 13.4. The molecule has 120 valence electrons. The minimum atomic E-state index is -0.387. The molecule has 1 unspecified atom stereocenters. The van der Waals surface area contributed by atoms with Crippen LogP contribution in [0.4, 0.5) is 5.69 Å². The normalized spacial score (nSPS) is 12.3. The van der Waals surface area contributed by atoms with E-state index in [0.29, 0.717) is 5.56 Å². The number of hydrogen-bond acceptors (Lipinski definition) is 4. The topological polar surface area (TPSA) is 61.6 Å². The van der Waals surface area contributed by atoms with Crippen LogP contribution in [0.3, 0.4) is 0 Å². The zero-order valence-corrected chi connectivity index (χ0v) is 13.4. The maximum atomic E-state index is 11.1. The molecule has 0 aliphatic rings. The largest absolute Gasteiger partial charge is 0.497 e. The van der Waals surface area contributed by atoms with Crippen LogP contribution in [0.15, 0.2) is 42.5 Å². The first-order chi connectivity index (χ1) is 11.0. The second-order valence-electron chi connectivity index (χ2n) is 5.06. The summed E-state index contributed by atoms with van der Waals surface area (Å²) >= 11 is 0. The summed E-state index contributed by atoms with van der Waals surface area (Å²) in [6.45, 7) is 1.79. The molecule has 0 radical (unpaired) electrons. The number of methoxy groups -OCH3 is 2. The van der Waals surface area contributed by atoms with E-state index in [-0.39, 0.29) is 16.7 Å². The number of rotatable bonds is 6. The first-order valence-corrected chi connectivity index (χ1v) is 7.18. The van der Waals surface area contributed by atoms with Crippen molar-refractivity contribution < 1.29 is 14.4 Å². The van der Waals surface area contributed by atoms with Crippen molar-refractivity contribution in [3.63, 3.8) is 0 Å². The van der Waals surface area contributed by atoms with Crippen molar-refractivity contribution in [1.29, 1.82) is 0 Å². The SMILES string of the molecule is COc1ccc(/C=C/c2ccc([N+](=O)[O-])c(C(C)OC)c2)cc1. The first-order valence-electron chi connectivity index (χ1n) is 7.18. The average molecular weight is 313 g/mol. The fraction of sp³-hybridized carbons (Fsp3) is 0.222. The lowest BCUT2D eigenvalue weighted by atomic mass is 10.0. The minimum Gasteiger partial charge on any atom is -0.497 e. The van der Waals surface area contributed by atoms with Gasteiger partial charge in [0.25, 0.3) is 5.69 Å². The number of ether oxygens (including phenoxy) is 2. The molecule has 2 aromatic rings. The second-order valence-corrected chi connectivity index (χ2v) is 5.06. The molecular weight excluding hydrogens is 294 g/mol. The number of nitro benzene ring substituents is 1. The van der Waals surface area contributed by atoms with Crippen LogP contribution in [0, 0.1) is 10.1 Å². The lowest BCUT2D eigenvalue weighted by molar-refractivity contribution is -0.386. The molecule has 0 aromatic heterocycles. The van der Waals surface area contributed by atoms with Gasteiger partial charge in [-0.25, -0.2) is 0 Å². The van der Waals surface area contributed by atoms with Crippen LogP contribution in [-0.2, 0) is 4.74 Å². The highest BCUT2D eigenvalue weighted by Gasteiger charge is 2.18. The van der Waals surface area contributed by atoms with Crippen molar-refractivity contribution in [2.45, 2.75) is 13.0 Å². The summed E-state index contributed by atoms with van der Waals surface area (Å²) in [5.74, 6) is 0.800. The standard InChI is InChI=1S/C18H19NO4/c1-13(22-2)17-12-15(8-11-18(17)19(20)21)5-4-14-6-9-16(23-3)10-7-14/h4-13H,1-3H3/b5-4+. The Morgan fingerprint density at radius 3 is 2.22 bits per heavy atom. The Morgan fingerprint density at radius 1 is 1.04 bits per heavy atom. The fourth-order valence-electron chi connectivity index (χ4n) is 2.20. The van der Waals surface area contributed by atoms with Gasteiger partial charge in [0.15, 0.2) is 0 Å². The summed E-state index contributed by atoms with van der Waals surface area (Å²) in [5, 5.41) is 11.1. The summed E-state index contributed by atoms with van der Waals surface area (Å²) < 4.78 is 10.3. The van der Waals surface area contributed by atoms with Crippen LogP contribution in [0.2, 0.25) is 0 Å². The Balaban J connectivity index is 2.28. The van der Waals surface area contributed by atoms with Crippen LogP contribution in [0.5, 0.6) is 5.75 Å². The lowest BCUT2D eigenvalue weighted by Gasteiger charge is -2.11. The summed E-state index contributed by atoms with van der Waals surface area (Å²) in [5.41, 5.74) is 2.53. The molecule has 23 heavy (non-hydrogen) atoms.